The Labute approximate surface area is 422 Å². The second-order valence-electron chi connectivity index (χ2n) is 11.3. The van der Waals surface area contributed by atoms with E-state index in [0.717, 1.165) is 58.9 Å². The summed E-state index contributed by atoms with van der Waals surface area (Å²) in [6, 6.07) is 16.7. The predicted octanol–water partition coefficient (Wildman–Crippen LogP) is -2.75. The number of hydrogen-bond acceptors (Lipinski definition) is 16. The van der Waals surface area contributed by atoms with Gasteiger partial charge in [0.15, 0.2) is 9.84 Å². The molecular weight excluding hydrogens is 885 g/mol. The molecule has 19 nitrogen and oxygen atoms in total. The number of aliphatic hydroxyl groups excluding tert-OH is 1. The molecule has 2 atom stereocenters. The van der Waals surface area contributed by atoms with Gasteiger partial charge in [-0.1, -0.05) is 0 Å². The van der Waals surface area contributed by atoms with Crippen molar-refractivity contribution in [3.05, 3.63) is 122 Å². The molecule has 0 spiro atoms. The summed E-state index contributed by atoms with van der Waals surface area (Å²) in [5.41, 5.74) is -0.442. The van der Waals surface area contributed by atoms with Gasteiger partial charge in [0.1, 0.15) is 54.2 Å². The van der Waals surface area contributed by atoms with Crippen LogP contribution in [0.15, 0.2) is 94.7 Å². The van der Waals surface area contributed by atoms with Crippen LogP contribution < -0.4 is 122 Å². The fourth-order valence-electron chi connectivity index (χ4n) is 4.75. The molecule has 2 heterocycles. The Kier molecular flexibility index (Phi) is 23.5. The maximum atomic E-state index is 13.1. The quantitative estimate of drug-likeness (QED) is 0.0287. The molecule has 2 aliphatic rings. The number of sulfone groups is 1. The van der Waals surface area contributed by atoms with E-state index < -0.39 is 59.7 Å². The monoisotopic (exact) mass is 916 g/mol. The average molecular weight is 917 g/mol. The number of carbonyl (C=O) groups excluding carboxylic acids is 1. The number of halogens is 2. The van der Waals surface area contributed by atoms with Crippen molar-refractivity contribution in [2.45, 2.75) is 34.6 Å². The Balaban J connectivity index is 0.000000963. The average Bonchev–Trinajstić information content (AvgIpc) is 4.02. The van der Waals surface area contributed by atoms with Gasteiger partial charge in [0.25, 0.3) is 27.9 Å². The zero-order valence-corrected chi connectivity index (χ0v) is 39.3. The first-order valence-electron chi connectivity index (χ1n) is 15.9. The molecule has 0 aliphatic carbocycles. The maximum absolute atomic E-state index is 13.1. The predicted molar refractivity (Wildman–Crippen MR) is 191 cm³/mol. The summed E-state index contributed by atoms with van der Waals surface area (Å²) >= 11 is 0. The largest absolute Gasteiger partial charge is 1.00 e. The van der Waals surface area contributed by atoms with Crippen LogP contribution >= 0.6 is 0 Å². The number of rotatable bonds is 12. The van der Waals surface area contributed by atoms with Crippen LogP contribution in [-0.2, 0) is 40.0 Å². The topological polar surface area (TPSA) is 282 Å². The van der Waals surface area contributed by atoms with Gasteiger partial charge in [-0.3, -0.25) is 29.3 Å². The number of benzene rings is 4. The molecule has 0 saturated carbocycles. The second kappa shape index (κ2) is 25.7. The van der Waals surface area contributed by atoms with E-state index in [1.165, 1.54) is 37.3 Å². The third-order valence-corrected chi connectivity index (χ3v) is 10.9. The first kappa shape index (κ1) is 54.0. The van der Waals surface area contributed by atoms with Crippen molar-refractivity contribution >= 4 is 43.4 Å². The van der Waals surface area contributed by atoms with E-state index in [4.69, 9.17) is 29.5 Å². The van der Waals surface area contributed by atoms with Crippen molar-refractivity contribution in [1.82, 2.24) is 0 Å². The van der Waals surface area contributed by atoms with Gasteiger partial charge in [-0.05, 0) is 60.7 Å². The zero-order valence-electron chi connectivity index (χ0n) is 32.4. The number of ether oxygens (including phenoxy) is 3. The molecule has 0 amide bonds. The standard InChI is InChI=1S/C16H14FNO6S.C15H13FN2O6S.C2H3N.CH2O3.2K.H/c17-12-1-4-15(5-2-12)25(21,22)10-11-7-13(18(19)20)3-6-16(11)24-9-14-8-23-14;16-10-1-4-13(5-2-10)25(22,23)17-12(8-19)9-24-15-6-3-11(18(20)21)7-14(15)17;1-2-3;2-1-4-3;;;/h1-7,14H,8-10H2;1-7,12,19H,8-9H2;1H3;1,3H;;;/q;;;;2*+1;-1/p-1. The molecule has 6 rings (SSSR count). The van der Waals surface area contributed by atoms with Crippen molar-refractivity contribution in [2.24, 2.45) is 0 Å². The number of nitriles is 1. The van der Waals surface area contributed by atoms with Crippen LogP contribution in [0.2, 0.25) is 0 Å². The van der Waals surface area contributed by atoms with E-state index in [9.17, 15) is 51.0 Å². The fourth-order valence-corrected chi connectivity index (χ4v) is 7.73. The molecule has 1 fully saturated rings. The number of anilines is 1. The van der Waals surface area contributed by atoms with Crippen LogP contribution in [0, 0.1) is 43.2 Å². The first-order valence-corrected chi connectivity index (χ1v) is 19.0. The second-order valence-corrected chi connectivity index (χ2v) is 15.1. The van der Waals surface area contributed by atoms with Gasteiger partial charge < -0.3 is 30.9 Å². The van der Waals surface area contributed by atoms with Crippen molar-refractivity contribution in [1.29, 1.82) is 5.26 Å². The van der Waals surface area contributed by atoms with Gasteiger partial charge >= 0.3 is 103 Å². The number of epoxide rings is 1. The van der Waals surface area contributed by atoms with Gasteiger partial charge in [-0.25, -0.2) is 25.6 Å². The summed E-state index contributed by atoms with van der Waals surface area (Å²) in [5, 5.41) is 47.3. The Morgan fingerprint density at radius 3 is 1.88 bits per heavy atom. The molecule has 0 bridgehead atoms. The Bertz CT molecular complexity index is 2310. The zero-order chi connectivity index (χ0) is 42.3. The minimum atomic E-state index is -4.19. The molecule has 0 aromatic heterocycles. The number of fused-ring (bicyclic) bond motifs is 1. The Morgan fingerprint density at radius 2 is 1.41 bits per heavy atom. The Morgan fingerprint density at radius 1 is 0.915 bits per heavy atom. The Hall–Kier alpha value is -3.05. The maximum Gasteiger partial charge on any atom is 1.00 e. The fraction of sp³-hybridized carbons (Fsp3) is 0.235. The van der Waals surface area contributed by atoms with E-state index in [1.807, 2.05) is 0 Å². The number of carbonyl (C=O) groups is 1. The van der Waals surface area contributed by atoms with Crippen LogP contribution in [0.25, 0.3) is 0 Å². The number of hydrogen-bond donors (Lipinski definition) is 1. The van der Waals surface area contributed by atoms with Crippen molar-refractivity contribution in [2.75, 3.05) is 30.7 Å². The molecule has 306 valence electrons. The third-order valence-electron chi connectivity index (χ3n) is 7.37. The van der Waals surface area contributed by atoms with Crippen molar-refractivity contribution < 1.29 is 174 Å². The summed E-state index contributed by atoms with van der Waals surface area (Å²) < 4.78 is 93.9. The van der Waals surface area contributed by atoms with Gasteiger partial charge in [-0.2, -0.15) is 5.26 Å². The summed E-state index contributed by atoms with van der Waals surface area (Å²) in [7, 11) is -8.01. The summed E-state index contributed by atoms with van der Waals surface area (Å²) in [5.74, 6) is -1.27. The van der Waals surface area contributed by atoms with Crippen molar-refractivity contribution in [3.8, 4) is 17.6 Å². The number of aliphatic hydroxyl groups is 1. The third kappa shape index (κ3) is 16.1. The minimum absolute atomic E-state index is 0. The summed E-state index contributed by atoms with van der Waals surface area (Å²) in [6.07, 6.45) is -0.0447. The molecular formula is C34H32F2K2N4O15S2. The van der Waals surface area contributed by atoms with Crippen molar-refractivity contribution in [3.63, 3.8) is 0 Å². The molecule has 59 heavy (non-hydrogen) atoms. The molecule has 0 radical (unpaired) electrons. The molecule has 1 N–H and O–H groups in total. The molecule has 2 aliphatic heterocycles. The van der Waals surface area contributed by atoms with Crippen LogP contribution in [0.4, 0.5) is 25.8 Å². The van der Waals surface area contributed by atoms with E-state index in [0.29, 0.717) is 6.61 Å². The number of non-ortho nitro benzene ring substituents is 2. The van der Waals surface area contributed by atoms with Crippen LogP contribution in [0.5, 0.6) is 11.5 Å². The molecule has 2 unspecified atom stereocenters. The van der Waals surface area contributed by atoms with Gasteiger partial charge in [-0.15, -0.1) is 0 Å². The number of sulfonamides is 1. The van der Waals surface area contributed by atoms with E-state index in [1.54, 1.807) is 6.07 Å². The summed E-state index contributed by atoms with van der Waals surface area (Å²) in [4.78, 5) is 31.7. The van der Waals surface area contributed by atoms with Crippen LogP contribution in [0.1, 0.15) is 13.9 Å². The normalized spacial score (nSPS) is 14.6. The SMILES string of the molecule is CC#N.O=CO[O-].O=[N+]([O-])c1ccc(OCC2CO2)c(CS(=O)(=O)c2ccc(F)cc2)c1.O=[N+]([O-])c1ccc2c(c1)N(S(=O)(=O)c1ccc(F)cc1)C(CO)CO2.[H-].[K+].[K+]. The minimum Gasteiger partial charge on any atom is -1.00 e. The molecule has 1 saturated heterocycles. The van der Waals surface area contributed by atoms with E-state index >= 15 is 0 Å². The van der Waals surface area contributed by atoms with Crippen LogP contribution in [-0.4, -0.2) is 76.8 Å². The van der Waals surface area contributed by atoms with Gasteiger partial charge in [0, 0.05) is 36.8 Å². The van der Waals surface area contributed by atoms with Gasteiger partial charge in [0.05, 0.1) is 44.7 Å². The summed E-state index contributed by atoms with van der Waals surface area (Å²) in [6.45, 7) is 1.38. The first-order chi connectivity index (χ1) is 27.0. The smallest absolute Gasteiger partial charge is 1.00 e. The van der Waals surface area contributed by atoms with E-state index in [2.05, 4.69) is 4.89 Å². The van der Waals surface area contributed by atoms with Crippen LogP contribution in [0.3, 0.4) is 0 Å². The van der Waals surface area contributed by atoms with E-state index in [-0.39, 0.29) is 174 Å². The molecule has 25 heteroatoms. The number of nitro groups is 2. The number of nitrogens with zero attached hydrogens (tertiary/aromatic N) is 4. The number of nitro benzene ring substituents is 2. The molecule has 4 aromatic rings. The van der Waals surface area contributed by atoms with Gasteiger partial charge in [0.2, 0.25) is 0 Å². The molecule has 4 aromatic carbocycles.